The van der Waals surface area contributed by atoms with Crippen molar-refractivity contribution in [3.63, 3.8) is 0 Å². The van der Waals surface area contributed by atoms with Crippen LogP contribution in [0.2, 0.25) is 0 Å². The summed E-state index contributed by atoms with van der Waals surface area (Å²) in [4.78, 5) is 22.2. The van der Waals surface area contributed by atoms with Gasteiger partial charge in [-0.05, 0) is 35.6 Å². The van der Waals surface area contributed by atoms with Crippen molar-refractivity contribution in [1.82, 2.24) is 9.97 Å². The summed E-state index contributed by atoms with van der Waals surface area (Å²) >= 11 is 3.04. The fourth-order valence-electron chi connectivity index (χ4n) is 2.97. The quantitative estimate of drug-likeness (QED) is 0.474. The molecule has 140 valence electrons. The third kappa shape index (κ3) is 3.61. The van der Waals surface area contributed by atoms with Gasteiger partial charge >= 0.3 is 0 Å². The number of methoxy groups -OCH3 is 1. The Kier molecular flexibility index (Phi) is 5.32. The van der Waals surface area contributed by atoms with E-state index < -0.39 is 0 Å². The van der Waals surface area contributed by atoms with E-state index in [-0.39, 0.29) is 5.56 Å². The third-order valence-corrected chi connectivity index (χ3v) is 6.02. The van der Waals surface area contributed by atoms with Crippen molar-refractivity contribution >= 4 is 44.3 Å². The lowest BCUT2D eigenvalue weighted by Crippen LogP contribution is -2.10. The number of rotatable bonds is 5. The molecule has 0 aliphatic carbocycles. The minimum Gasteiger partial charge on any atom is -0.497 e. The van der Waals surface area contributed by atoms with Crippen LogP contribution in [0.15, 0.2) is 64.8 Å². The van der Waals surface area contributed by atoms with E-state index in [1.807, 2.05) is 72.3 Å². The van der Waals surface area contributed by atoms with Crippen LogP contribution in [0.4, 0.5) is 0 Å². The maximum atomic E-state index is 12.9. The lowest BCUT2D eigenvalue weighted by molar-refractivity contribution is 0.415. The van der Waals surface area contributed by atoms with Gasteiger partial charge in [-0.25, -0.2) is 4.98 Å². The Hall–Kier alpha value is -2.83. The predicted octanol–water partition coefficient (Wildman–Crippen LogP) is 5.52. The number of H-pyrrole nitrogens is 1. The van der Waals surface area contributed by atoms with Gasteiger partial charge < -0.3 is 9.72 Å². The van der Waals surface area contributed by atoms with Crippen LogP contribution in [-0.2, 0) is 0 Å². The van der Waals surface area contributed by atoms with Gasteiger partial charge in [0.25, 0.3) is 5.56 Å². The van der Waals surface area contributed by atoms with Crippen LogP contribution in [0, 0.1) is 0 Å². The normalized spacial score (nSPS) is 11.7. The topological polar surface area (TPSA) is 55.0 Å². The summed E-state index contributed by atoms with van der Waals surface area (Å²) in [5, 5.41) is 2.64. The Morgan fingerprint density at radius 2 is 1.89 bits per heavy atom. The number of thiophene rings is 1. The first-order valence-corrected chi connectivity index (χ1v) is 10.8. The van der Waals surface area contributed by atoms with Crippen molar-refractivity contribution in [1.29, 1.82) is 0 Å². The fraction of sp³-hybridized carbons (Fsp3) is 0.0909. The van der Waals surface area contributed by atoms with E-state index in [0.717, 1.165) is 32.2 Å². The number of hydrogen-bond donors (Lipinski definition) is 1. The highest BCUT2D eigenvalue weighted by Gasteiger charge is 2.14. The molecule has 0 fully saturated rings. The Balaban J connectivity index is 1.78. The van der Waals surface area contributed by atoms with Crippen LogP contribution in [0.5, 0.6) is 5.75 Å². The van der Waals surface area contributed by atoms with Crippen LogP contribution in [0.25, 0.3) is 32.3 Å². The molecule has 0 radical (unpaired) electrons. The smallest absolute Gasteiger partial charge is 0.260 e. The fourth-order valence-corrected chi connectivity index (χ4v) is 4.46. The third-order valence-electron chi connectivity index (χ3n) is 4.40. The maximum Gasteiger partial charge on any atom is 0.260 e. The summed E-state index contributed by atoms with van der Waals surface area (Å²) in [7, 11) is 1.65. The first-order chi connectivity index (χ1) is 13.7. The van der Waals surface area contributed by atoms with Gasteiger partial charge in [0.2, 0.25) is 0 Å². The minimum absolute atomic E-state index is 0.116. The monoisotopic (exact) mass is 406 g/mol. The van der Waals surface area contributed by atoms with Crippen molar-refractivity contribution in [2.24, 2.45) is 0 Å². The standard InChI is InChI=1S/C22H18N2O2S2/c1-26-16-10-8-14(9-11-16)12-18(27-2)20-23-21(25)19-17(13-28-22(19)24-20)15-6-4-3-5-7-15/h3-13H,1-2H3,(H,23,24,25)/b18-12-. The number of thioether (sulfide) groups is 1. The summed E-state index contributed by atoms with van der Waals surface area (Å²) < 4.78 is 5.20. The molecule has 0 aliphatic rings. The average Bonchev–Trinajstić information content (AvgIpc) is 3.18. The maximum absolute atomic E-state index is 12.9. The summed E-state index contributed by atoms with van der Waals surface area (Å²) in [6, 6.07) is 17.7. The van der Waals surface area contributed by atoms with Crippen molar-refractivity contribution in [2.75, 3.05) is 13.4 Å². The second-order valence-electron chi connectivity index (χ2n) is 6.10. The van der Waals surface area contributed by atoms with Crippen LogP contribution in [-0.4, -0.2) is 23.3 Å². The highest BCUT2D eigenvalue weighted by atomic mass is 32.2. The molecule has 28 heavy (non-hydrogen) atoms. The number of fused-ring (bicyclic) bond motifs is 1. The van der Waals surface area contributed by atoms with E-state index in [1.165, 1.54) is 11.3 Å². The highest BCUT2D eigenvalue weighted by Crippen LogP contribution is 2.32. The number of aromatic nitrogens is 2. The van der Waals surface area contributed by atoms with E-state index in [9.17, 15) is 4.79 Å². The van der Waals surface area contributed by atoms with Gasteiger partial charge in [-0.3, -0.25) is 4.79 Å². The first-order valence-electron chi connectivity index (χ1n) is 8.66. The van der Waals surface area contributed by atoms with Crippen LogP contribution in [0.3, 0.4) is 0 Å². The number of ether oxygens (including phenoxy) is 1. The molecule has 0 amide bonds. The van der Waals surface area contributed by atoms with Gasteiger partial charge in [-0.1, -0.05) is 42.5 Å². The van der Waals surface area contributed by atoms with Gasteiger partial charge in [0.15, 0.2) is 0 Å². The van der Waals surface area contributed by atoms with Gasteiger partial charge in [0.1, 0.15) is 16.4 Å². The molecule has 2 aromatic heterocycles. The molecule has 6 heteroatoms. The molecule has 0 saturated carbocycles. The summed E-state index contributed by atoms with van der Waals surface area (Å²) in [6.45, 7) is 0. The van der Waals surface area contributed by atoms with E-state index in [4.69, 9.17) is 9.72 Å². The molecular weight excluding hydrogens is 388 g/mol. The molecule has 0 unspecified atom stereocenters. The van der Waals surface area contributed by atoms with E-state index in [1.54, 1.807) is 18.9 Å². The summed E-state index contributed by atoms with van der Waals surface area (Å²) in [5.41, 5.74) is 2.84. The molecular formula is C22H18N2O2S2. The minimum atomic E-state index is -0.116. The molecule has 1 N–H and O–H groups in total. The van der Waals surface area contributed by atoms with Gasteiger partial charge in [-0.15, -0.1) is 23.1 Å². The SMILES string of the molecule is COc1ccc(/C=C(\SC)c2nc3scc(-c4ccccc4)c3c(=O)[nH]2)cc1. The molecule has 4 rings (SSSR count). The van der Waals surface area contributed by atoms with Gasteiger partial charge in [-0.2, -0.15) is 0 Å². The highest BCUT2D eigenvalue weighted by molar-refractivity contribution is 8.07. The molecule has 2 heterocycles. The van der Waals surface area contributed by atoms with E-state index >= 15 is 0 Å². The number of benzene rings is 2. The zero-order valence-corrected chi connectivity index (χ0v) is 17.1. The van der Waals surface area contributed by atoms with Gasteiger partial charge in [0, 0.05) is 10.9 Å². The lowest BCUT2D eigenvalue weighted by Gasteiger charge is -2.06. The van der Waals surface area contributed by atoms with Crippen LogP contribution < -0.4 is 10.3 Å². The molecule has 0 aliphatic heterocycles. The number of aromatic amines is 1. The zero-order valence-electron chi connectivity index (χ0n) is 15.4. The Morgan fingerprint density at radius 1 is 1.14 bits per heavy atom. The Morgan fingerprint density at radius 3 is 2.57 bits per heavy atom. The summed E-state index contributed by atoms with van der Waals surface area (Å²) in [6.07, 6.45) is 3.99. The van der Waals surface area contributed by atoms with Crippen molar-refractivity contribution in [3.05, 3.63) is 81.7 Å². The largest absolute Gasteiger partial charge is 0.497 e. The number of nitrogens with one attached hydrogen (secondary N) is 1. The molecule has 2 aromatic carbocycles. The van der Waals surface area contributed by atoms with Crippen molar-refractivity contribution in [3.8, 4) is 16.9 Å². The summed E-state index contributed by atoms with van der Waals surface area (Å²) in [5.74, 6) is 1.39. The molecule has 4 aromatic rings. The second-order valence-corrected chi connectivity index (χ2v) is 7.80. The van der Waals surface area contributed by atoms with Gasteiger partial charge in [0.05, 0.1) is 17.4 Å². The van der Waals surface area contributed by atoms with Crippen molar-refractivity contribution in [2.45, 2.75) is 0 Å². The average molecular weight is 407 g/mol. The molecule has 4 nitrogen and oxygen atoms in total. The Labute approximate surface area is 170 Å². The predicted molar refractivity (Wildman–Crippen MR) is 120 cm³/mol. The van der Waals surface area contributed by atoms with Crippen LogP contribution in [0.1, 0.15) is 11.4 Å². The number of hydrogen-bond acceptors (Lipinski definition) is 5. The van der Waals surface area contributed by atoms with E-state index in [2.05, 4.69) is 4.98 Å². The molecule has 0 atom stereocenters. The van der Waals surface area contributed by atoms with Crippen LogP contribution >= 0.6 is 23.1 Å². The Bertz CT molecular complexity index is 1190. The molecule has 0 spiro atoms. The zero-order chi connectivity index (χ0) is 19.5. The first kappa shape index (κ1) is 18.5. The molecule has 0 saturated heterocycles. The number of nitrogens with zero attached hydrogens (tertiary/aromatic N) is 1. The second kappa shape index (κ2) is 8.04. The van der Waals surface area contributed by atoms with E-state index in [0.29, 0.717) is 11.2 Å². The van der Waals surface area contributed by atoms with Crippen molar-refractivity contribution < 1.29 is 4.74 Å². The lowest BCUT2D eigenvalue weighted by atomic mass is 10.1. The molecule has 0 bridgehead atoms.